The molecule has 22 unspecified atom stereocenters. The van der Waals surface area contributed by atoms with Gasteiger partial charge in [0.2, 0.25) is 0 Å². The van der Waals surface area contributed by atoms with Gasteiger partial charge >= 0.3 is 0 Å². The highest BCUT2D eigenvalue weighted by atomic mass is 14.4. The Hall–Kier alpha value is -1.56. The van der Waals surface area contributed by atoms with Gasteiger partial charge in [-0.1, -0.05) is 185 Å². The van der Waals surface area contributed by atoms with E-state index < -0.39 is 0 Å². The summed E-state index contributed by atoms with van der Waals surface area (Å²) in [5, 5.41) is 0. The highest BCUT2D eigenvalue weighted by molar-refractivity contribution is 5.21. The maximum absolute atomic E-state index is 2.56. The molecule has 0 radical (unpaired) electrons. The second kappa shape index (κ2) is 34.0. The van der Waals surface area contributed by atoms with Crippen molar-refractivity contribution in [2.75, 3.05) is 0 Å². The number of rotatable bonds is 0. The van der Waals surface area contributed by atoms with E-state index in [2.05, 4.69) is 133 Å². The first-order valence-electron chi connectivity index (χ1n) is 38.4. The lowest BCUT2D eigenvalue weighted by Gasteiger charge is -2.40. The lowest BCUT2D eigenvalue weighted by Crippen LogP contribution is -2.29. The lowest BCUT2D eigenvalue weighted by molar-refractivity contribution is 0.109. The summed E-state index contributed by atoms with van der Waals surface area (Å²) in [6, 6.07) is 0. The van der Waals surface area contributed by atoms with E-state index >= 15 is 0 Å². The Morgan fingerprint density at radius 1 is 0.274 bits per heavy atom. The molecule has 0 heteroatoms. The molecule has 0 N–H and O–H groups in total. The molecule has 0 aromatic heterocycles. The zero-order valence-electron chi connectivity index (χ0n) is 58.6. The van der Waals surface area contributed by atoms with Crippen LogP contribution in [0.2, 0.25) is 0 Å². The van der Waals surface area contributed by atoms with E-state index in [4.69, 9.17) is 0 Å². The topological polar surface area (TPSA) is 0 Å². The molecule has 14 rings (SSSR count). The van der Waals surface area contributed by atoms with Gasteiger partial charge in [0.05, 0.1) is 0 Å². The van der Waals surface area contributed by atoms with E-state index in [1.807, 2.05) is 11.1 Å². The molecule has 0 aliphatic heterocycles. The molecule has 0 bridgehead atoms. The molecule has 7 saturated carbocycles. The first-order valence-corrected chi connectivity index (χ1v) is 38.4. The molecule has 14 aliphatic rings. The van der Waals surface area contributed by atoms with Crippen LogP contribution >= 0.6 is 0 Å². The van der Waals surface area contributed by atoms with Crippen LogP contribution in [0.1, 0.15) is 328 Å². The van der Waals surface area contributed by atoms with Crippen LogP contribution in [-0.2, 0) is 0 Å². The van der Waals surface area contributed by atoms with Crippen molar-refractivity contribution in [1.29, 1.82) is 0 Å². The van der Waals surface area contributed by atoms with Gasteiger partial charge in [0.1, 0.15) is 0 Å². The number of hydrogen-bond donors (Lipinski definition) is 0. The number of hydrogen-bond acceptors (Lipinski definition) is 0. The van der Waals surface area contributed by atoms with E-state index in [-0.39, 0.29) is 0 Å². The molecule has 478 valence electrons. The van der Waals surface area contributed by atoms with Crippen LogP contribution in [0.25, 0.3) is 0 Å². The van der Waals surface area contributed by atoms with Crippen LogP contribution < -0.4 is 0 Å². The standard InChI is InChI=1S/C12H22.6C12H20/c7*1-9-3-5-12-8-10(2)4-6-11(12)7-9/h9-12H,3-8H2,1-2H3;9-10H,3-8H2,1-2H3;7,10-12H,3-6,8H2,1-2H3;7,9-10,12H,3-6,8H2,1-2H3;5,9-11H,3-4,6-8H2,1-2H3;3,10-12H,4-8H2,1-2H3;3,5,9-12H,4,6-8H2,1-2H3. The summed E-state index contributed by atoms with van der Waals surface area (Å²) in [7, 11) is 0. The molecular formula is C84H142. The van der Waals surface area contributed by atoms with E-state index in [1.54, 1.807) is 22.3 Å². The Morgan fingerprint density at radius 2 is 0.774 bits per heavy atom. The molecule has 0 amide bonds. The quantitative estimate of drug-likeness (QED) is 0.212. The number of fused-ring (bicyclic) bond motifs is 6. The molecule has 0 nitrogen and oxygen atoms in total. The van der Waals surface area contributed by atoms with E-state index in [1.165, 1.54) is 231 Å². The molecule has 7 fully saturated rings. The van der Waals surface area contributed by atoms with Crippen LogP contribution in [0.5, 0.6) is 0 Å². The second-order valence-corrected chi connectivity index (χ2v) is 34.8. The summed E-state index contributed by atoms with van der Waals surface area (Å²) in [4.78, 5) is 0. The van der Waals surface area contributed by atoms with Gasteiger partial charge in [-0.05, 0) is 343 Å². The van der Waals surface area contributed by atoms with E-state index in [0.29, 0.717) is 0 Å². The normalized spacial score (nSPS) is 42.8. The van der Waals surface area contributed by atoms with Crippen molar-refractivity contribution in [2.24, 2.45) is 130 Å². The van der Waals surface area contributed by atoms with Gasteiger partial charge < -0.3 is 0 Å². The summed E-state index contributed by atoms with van der Waals surface area (Å²) < 4.78 is 0. The first kappa shape index (κ1) is 68.4. The van der Waals surface area contributed by atoms with Gasteiger partial charge in [0.15, 0.2) is 0 Å². The van der Waals surface area contributed by atoms with Crippen LogP contribution in [-0.4, -0.2) is 0 Å². The Bertz CT molecular complexity index is 2080. The number of allylic oxidation sites excluding steroid dienone is 12. The van der Waals surface area contributed by atoms with Crippen molar-refractivity contribution in [3.8, 4) is 0 Å². The molecule has 14 aliphatic carbocycles. The van der Waals surface area contributed by atoms with Gasteiger partial charge in [-0.25, -0.2) is 0 Å². The maximum atomic E-state index is 2.56. The fourth-order valence-electron chi connectivity index (χ4n) is 20.5. The monoisotopic (exact) mass is 1150 g/mol. The third-order valence-electron chi connectivity index (χ3n) is 26.0. The van der Waals surface area contributed by atoms with Crippen LogP contribution in [0.15, 0.2) is 69.9 Å². The minimum atomic E-state index is 0.847. The minimum Gasteiger partial charge on any atom is -0.0854 e. The van der Waals surface area contributed by atoms with Crippen LogP contribution in [0.3, 0.4) is 0 Å². The van der Waals surface area contributed by atoms with Crippen molar-refractivity contribution in [3.05, 3.63) is 69.9 Å². The summed E-state index contributed by atoms with van der Waals surface area (Å²) in [6.45, 7) is 33.4. The fourth-order valence-corrected chi connectivity index (χ4v) is 20.5. The van der Waals surface area contributed by atoms with Crippen molar-refractivity contribution in [3.63, 3.8) is 0 Å². The molecule has 0 saturated heterocycles. The third kappa shape index (κ3) is 21.8. The highest BCUT2D eigenvalue weighted by Gasteiger charge is 2.35. The summed E-state index contributed by atoms with van der Waals surface area (Å²) in [5.74, 6) is 21.8. The van der Waals surface area contributed by atoms with Crippen LogP contribution in [0, 0.1) is 130 Å². The molecular weight excluding hydrogens is 1010 g/mol. The highest BCUT2D eigenvalue weighted by Crippen LogP contribution is 2.48. The maximum Gasteiger partial charge on any atom is -0.0200 e. The van der Waals surface area contributed by atoms with Gasteiger partial charge in [-0.15, -0.1) is 0 Å². The molecule has 0 aromatic carbocycles. The van der Waals surface area contributed by atoms with E-state index in [9.17, 15) is 0 Å². The van der Waals surface area contributed by atoms with E-state index in [0.717, 1.165) is 130 Å². The van der Waals surface area contributed by atoms with Gasteiger partial charge in [0, 0.05) is 0 Å². The fraction of sp³-hybridized carbons (Fsp3) is 0.857. The van der Waals surface area contributed by atoms with Crippen LogP contribution in [0.4, 0.5) is 0 Å². The molecule has 0 aromatic rings. The zero-order chi connectivity index (χ0) is 59.9. The third-order valence-corrected chi connectivity index (χ3v) is 26.0. The van der Waals surface area contributed by atoms with Crippen molar-refractivity contribution < 1.29 is 0 Å². The Morgan fingerprint density at radius 3 is 1.44 bits per heavy atom. The Kier molecular flexibility index (Phi) is 27.7. The predicted molar refractivity (Wildman–Crippen MR) is 371 cm³/mol. The largest absolute Gasteiger partial charge is 0.0854 e. The zero-order valence-corrected chi connectivity index (χ0v) is 58.6. The molecule has 0 heterocycles. The molecule has 22 atom stereocenters. The Balaban J connectivity index is 0.000000128. The molecule has 0 spiro atoms. The average Bonchev–Trinajstić information content (AvgIpc) is 3.58. The summed E-state index contributed by atoms with van der Waals surface area (Å²) in [5.41, 5.74) is 10.6. The van der Waals surface area contributed by atoms with Crippen molar-refractivity contribution in [1.82, 2.24) is 0 Å². The van der Waals surface area contributed by atoms with Crippen molar-refractivity contribution in [2.45, 2.75) is 328 Å². The van der Waals surface area contributed by atoms with Crippen molar-refractivity contribution >= 4 is 0 Å². The van der Waals surface area contributed by atoms with Gasteiger partial charge in [-0.3, -0.25) is 0 Å². The first-order chi connectivity index (χ1) is 40.3. The minimum absolute atomic E-state index is 0.847. The average molecular weight is 1150 g/mol. The predicted octanol–water partition coefficient (Wildman–Crippen LogP) is 26.5. The smallest absolute Gasteiger partial charge is 0.0200 e. The van der Waals surface area contributed by atoms with Gasteiger partial charge in [-0.2, -0.15) is 0 Å². The lowest BCUT2D eigenvalue weighted by atomic mass is 9.65. The molecule has 84 heavy (non-hydrogen) atoms. The van der Waals surface area contributed by atoms with Gasteiger partial charge in [0.25, 0.3) is 0 Å². The summed E-state index contributed by atoms with van der Waals surface area (Å²) >= 11 is 0. The Labute approximate surface area is 525 Å². The second-order valence-electron chi connectivity index (χ2n) is 34.8. The SMILES string of the molecule is CC1=CC2CCC(C)CC2CC1.CC1=CCC2CC(C)CCC2C1.CC1C=C2CCC(C)CC2CC1.CC1C=CC2CC(C)CCC2C1.CC1CCC2=C(CCC(C)C2)C1.CC1CCC2CC(C)CC=C2C1.CC1CCC2CC(C)CCC2C1. The summed E-state index contributed by atoms with van der Waals surface area (Å²) in [6.07, 6.45) is 67.5.